The minimum atomic E-state index is -4.48. The predicted molar refractivity (Wildman–Crippen MR) is 86.8 cm³/mol. The molecule has 1 amide bonds. The molecule has 1 N–H and O–H groups in total. The van der Waals surface area contributed by atoms with Gasteiger partial charge < -0.3 is 10.1 Å². The quantitative estimate of drug-likeness (QED) is 0.624. The first-order chi connectivity index (χ1) is 11.7. The first kappa shape index (κ1) is 18.5. The number of carbonyl (C=O) groups excluding carboxylic acids is 1. The van der Waals surface area contributed by atoms with Crippen molar-refractivity contribution in [1.29, 1.82) is 0 Å². The lowest BCUT2D eigenvalue weighted by Gasteiger charge is -2.14. The van der Waals surface area contributed by atoms with Crippen LogP contribution in [0.4, 0.5) is 23.2 Å². The Labute approximate surface area is 141 Å². The van der Waals surface area contributed by atoms with Crippen molar-refractivity contribution in [3.8, 4) is 5.75 Å². The van der Waals surface area contributed by atoms with Crippen molar-refractivity contribution in [2.75, 3.05) is 11.9 Å². The molecule has 3 nitrogen and oxygen atoms in total. The van der Waals surface area contributed by atoms with Crippen LogP contribution in [-0.4, -0.2) is 18.7 Å². The Kier molecular flexibility index (Phi) is 5.80. The van der Waals surface area contributed by atoms with Crippen molar-refractivity contribution >= 4 is 17.7 Å². The van der Waals surface area contributed by atoms with Crippen LogP contribution in [0.3, 0.4) is 0 Å². The van der Waals surface area contributed by atoms with Crippen molar-refractivity contribution in [1.82, 2.24) is 0 Å². The Morgan fingerprint density at radius 3 is 2.48 bits per heavy atom. The first-order valence-electron chi connectivity index (χ1n) is 7.28. The summed E-state index contributed by atoms with van der Waals surface area (Å²) in [5.41, 5.74) is 1.43. The molecule has 2 rings (SSSR count). The highest BCUT2D eigenvalue weighted by atomic mass is 19.4. The van der Waals surface area contributed by atoms with E-state index < -0.39 is 24.5 Å². The Morgan fingerprint density at radius 1 is 1.16 bits per heavy atom. The lowest BCUT2D eigenvalue weighted by molar-refractivity contribution is -0.153. The Hall–Kier alpha value is -2.83. The SMILES string of the molecule is Cc1ccc(NC(=O)/C=C/c2ccc(F)cc2)c(OCC(F)(F)F)c1. The van der Waals surface area contributed by atoms with E-state index in [9.17, 15) is 22.4 Å². The Balaban J connectivity index is 2.07. The van der Waals surface area contributed by atoms with E-state index in [4.69, 9.17) is 4.74 Å². The minimum absolute atomic E-state index is 0.0687. The zero-order valence-electron chi connectivity index (χ0n) is 13.2. The van der Waals surface area contributed by atoms with Crippen LogP contribution in [-0.2, 0) is 4.79 Å². The van der Waals surface area contributed by atoms with E-state index in [1.807, 2.05) is 0 Å². The van der Waals surface area contributed by atoms with Gasteiger partial charge >= 0.3 is 6.18 Å². The summed E-state index contributed by atoms with van der Waals surface area (Å²) < 4.78 is 54.5. The molecule has 132 valence electrons. The summed E-state index contributed by atoms with van der Waals surface area (Å²) in [7, 11) is 0. The maximum absolute atomic E-state index is 12.8. The van der Waals surface area contributed by atoms with E-state index in [1.165, 1.54) is 48.6 Å². The van der Waals surface area contributed by atoms with Crippen molar-refractivity contribution < 1.29 is 27.1 Å². The number of hydrogen-bond acceptors (Lipinski definition) is 2. The van der Waals surface area contributed by atoms with Crippen LogP contribution in [0.1, 0.15) is 11.1 Å². The highest BCUT2D eigenvalue weighted by molar-refractivity contribution is 6.02. The van der Waals surface area contributed by atoms with Crippen LogP contribution in [0.15, 0.2) is 48.5 Å². The molecule has 0 aromatic heterocycles. The number of anilines is 1. The number of amides is 1. The fourth-order valence-electron chi connectivity index (χ4n) is 1.93. The molecule has 7 heteroatoms. The van der Waals surface area contributed by atoms with Crippen LogP contribution in [0.5, 0.6) is 5.75 Å². The fourth-order valence-corrected chi connectivity index (χ4v) is 1.93. The first-order valence-corrected chi connectivity index (χ1v) is 7.28. The summed E-state index contributed by atoms with van der Waals surface area (Å²) in [6.45, 7) is 0.241. The number of aryl methyl sites for hydroxylation is 1. The molecule has 0 heterocycles. The van der Waals surface area contributed by atoms with Crippen LogP contribution >= 0.6 is 0 Å². The lowest BCUT2D eigenvalue weighted by atomic mass is 10.2. The molecule has 0 spiro atoms. The molecule has 25 heavy (non-hydrogen) atoms. The van der Waals surface area contributed by atoms with E-state index in [0.717, 1.165) is 0 Å². The molecule has 0 unspecified atom stereocenters. The highest BCUT2D eigenvalue weighted by Gasteiger charge is 2.28. The van der Waals surface area contributed by atoms with Crippen LogP contribution in [0.25, 0.3) is 6.08 Å². The summed E-state index contributed by atoms with van der Waals surface area (Å²) in [5.74, 6) is -1.02. The maximum atomic E-state index is 12.8. The van der Waals surface area contributed by atoms with Gasteiger partial charge in [-0.25, -0.2) is 4.39 Å². The monoisotopic (exact) mass is 353 g/mol. The van der Waals surface area contributed by atoms with Gasteiger partial charge in [0, 0.05) is 6.08 Å². The molecule has 0 saturated heterocycles. The van der Waals surface area contributed by atoms with Crippen molar-refractivity contribution in [3.05, 3.63) is 65.5 Å². The third-order valence-corrected chi connectivity index (χ3v) is 3.08. The smallest absolute Gasteiger partial charge is 0.422 e. The molecule has 0 aliphatic carbocycles. The zero-order valence-corrected chi connectivity index (χ0v) is 13.2. The minimum Gasteiger partial charge on any atom is -0.482 e. The van der Waals surface area contributed by atoms with Gasteiger partial charge in [-0.1, -0.05) is 18.2 Å². The van der Waals surface area contributed by atoms with E-state index in [-0.39, 0.29) is 11.4 Å². The summed E-state index contributed by atoms with van der Waals surface area (Å²) in [6, 6.07) is 9.99. The second-order valence-electron chi connectivity index (χ2n) is 5.28. The molecule has 2 aromatic carbocycles. The van der Waals surface area contributed by atoms with E-state index in [2.05, 4.69) is 5.32 Å². The number of ether oxygens (including phenoxy) is 1. The molecule has 0 saturated carbocycles. The molecule has 0 aliphatic rings. The van der Waals surface area contributed by atoms with Gasteiger partial charge in [-0.2, -0.15) is 13.2 Å². The van der Waals surface area contributed by atoms with Crippen molar-refractivity contribution in [2.45, 2.75) is 13.1 Å². The van der Waals surface area contributed by atoms with Crippen molar-refractivity contribution in [2.24, 2.45) is 0 Å². The van der Waals surface area contributed by atoms with Gasteiger partial charge in [0.15, 0.2) is 6.61 Å². The topological polar surface area (TPSA) is 38.3 Å². The average molecular weight is 353 g/mol. The maximum Gasteiger partial charge on any atom is 0.422 e. The second kappa shape index (κ2) is 7.83. The summed E-state index contributed by atoms with van der Waals surface area (Å²) in [5, 5.41) is 2.46. The van der Waals surface area contributed by atoms with Gasteiger partial charge in [0.1, 0.15) is 11.6 Å². The summed E-state index contributed by atoms with van der Waals surface area (Å²) in [4.78, 5) is 11.9. The zero-order chi connectivity index (χ0) is 18.4. The molecule has 0 radical (unpaired) electrons. The van der Waals surface area contributed by atoms with Crippen LogP contribution < -0.4 is 10.1 Å². The molecule has 0 atom stereocenters. The standard InChI is InChI=1S/C18H15F4NO2/c1-12-2-8-15(16(10-12)25-11-18(20,21)22)23-17(24)9-5-13-3-6-14(19)7-4-13/h2-10H,11H2,1H3,(H,23,24)/b9-5+. The number of carbonyl (C=O) groups is 1. The Bertz CT molecular complexity index is 768. The number of hydrogen-bond donors (Lipinski definition) is 1. The molecule has 0 aliphatic heterocycles. The van der Waals surface area contributed by atoms with Gasteiger partial charge in [-0.15, -0.1) is 0 Å². The number of rotatable bonds is 5. The molecular weight excluding hydrogens is 338 g/mol. The number of alkyl halides is 3. The predicted octanol–water partition coefficient (Wildman–Crippen LogP) is 4.73. The van der Waals surface area contributed by atoms with Gasteiger partial charge in [-0.05, 0) is 48.4 Å². The molecule has 0 fully saturated rings. The van der Waals surface area contributed by atoms with Crippen LogP contribution in [0, 0.1) is 12.7 Å². The van der Waals surface area contributed by atoms with E-state index in [1.54, 1.807) is 13.0 Å². The lowest BCUT2D eigenvalue weighted by Crippen LogP contribution is -2.20. The van der Waals surface area contributed by atoms with Gasteiger partial charge in [-0.3, -0.25) is 4.79 Å². The number of benzene rings is 2. The van der Waals surface area contributed by atoms with Gasteiger partial charge in [0.05, 0.1) is 5.69 Å². The molecular formula is C18H15F4NO2. The third-order valence-electron chi connectivity index (χ3n) is 3.08. The normalized spacial score (nSPS) is 11.6. The fraction of sp³-hybridized carbons (Fsp3) is 0.167. The van der Waals surface area contributed by atoms with Gasteiger partial charge in [0.25, 0.3) is 0 Å². The van der Waals surface area contributed by atoms with E-state index >= 15 is 0 Å². The Morgan fingerprint density at radius 2 is 1.84 bits per heavy atom. The van der Waals surface area contributed by atoms with Crippen LogP contribution in [0.2, 0.25) is 0 Å². The summed E-state index contributed by atoms with van der Waals surface area (Å²) >= 11 is 0. The second-order valence-corrected chi connectivity index (χ2v) is 5.28. The summed E-state index contributed by atoms with van der Waals surface area (Å²) in [6.07, 6.45) is -1.83. The number of nitrogens with one attached hydrogen (secondary N) is 1. The van der Waals surface area contributed by atoms with E-state index in [0.29, 0.717) is 11.1 Å². The largest absolute Gasteiger partial charge is 0.482 e. The van der Waals surface area contributed by atoms with Gasteiger partial charge in [0.2, 0.25) is 5.91 Å². The molecule has 2 aromatic rings. The average Bonchev–Trinajstić information content (AvgIpc) is 2.54. The highest BCUT2D eigenvalue weighted by Crippen LogP contribution is 2.28. The third kappa shape index (κ3) is 6.29. The van der Waals surface area contributed by atoms with Crippen molar-refractivity contribution in [3.63, 3.8) is 0 Å². The number of halogens is 4. The molecule has 0 bridgehead atoms.